The second kappa shape index (κ2) is 6.13. The van der Waals surface area contributed by atoms with E-state index in [4.69, 9.17) is 4.74 Å². The lowest BCUT2D eigenvalue weighted by Crippen LogP contribution is -2.15. The summed E-state index contributed by atoms with van der Waals surface area (Å²) in [4.78, 5) is 0. The summed E-state index contributed by atoms with van der Waals surface area (Å²) in [6.45, 7) is 9.49. The summed E-state index contributed by atoms with van der Waals surface area (Å²) in [5, 5.41) is 0. The third-order valence-corrected chi connectivity index (χ3v) is 4.05. The van der Waals surface area contributed by atoms with Gasteiger partial charge in [-0.15, -0.1) is 0 Å². The van der Waals surface area contributed by atoms with Crippen LogP contribution >= 0.6 is 0 Å². The average Bonchev–Trinajstić information content (AvgIpc) is 2.47. The molecule has 0 saturated carbocycles. The van der Waals surface area contributed by atoms with E-state index in [-0.39, 0.29) is 5.41 Å². The van der Waals surface area contributed by atoms with Gasteiger partial charge in [-0.1, -0.05) is 62.7 Å². The van der Waals surface area contributed by atoms with Gasteiger partial charge in [0.05, 0.1) is 0 Å². The minimum Gasteiger partial charge on any atom is -0.489 e. The van der Waals surface area contributed by atoms with Gasteiger partial charge < -0.3 is 4.74 Å². The van der Waals surface area contributed by atoms with Gasteiger partial charge in [-0.05, 0) is 42.0 Å². The summed E-state index contributed by atoms with van der Waals surface area (Å²) in [6, 6.07) is 17.0. The maximum Gasteiger partial charge on any atom is 0.119 e. The molecule has 0 unspecified atom stereocenters. The number of benzene rings is 2. The van der Waals surface area contributed by atoms with Gasteiger partial charge in [0, 0.05) is 0 Å². The number of hydrogen-bond donors (Lipinski definition) is 0. The highest BCUT2D eigenvalue weighted by Gasteiger charge is 2.17. The molecule has 0 atom stereocenters. The first kappa shape index (κ1) is 14.6. The Morgan fingerprint density at radius 3 is 2.05 bits per heavy atom. The van der Waals surface area contributed by atoms with E-state index < -0.39 is 0 Å². The topological polar surface area (TPSA) is 9.23 Å². The molecule has 2 aromatic rings. The SMILES string of the molecule is CCC(C)(C)c1ccc(OCc2ccc(C)cc2)cc1. The molecule has 2 aromatic carbocycles. The fourth-order valence-corrected chi connectivity index (χ4v) is 2.06. The third kappa shape index (κ3) is 3.63. The van der Waals surface area contributed by atoms with Crippen LogP contribution in [0.1, 0.15) is 43.9 Å². The summed E-state index contributed by atoms with van der Waals surface area (Å²) < 4.78 is 5.83. The Morgan fingerprint density at radius 1 is 0.900 bits per heavy atom. The molecule has 106 valence electrons. The van der Waals surface area contributed by atoms with Gasteiger partial charge in [0.2, 0.25) is 0 Å². The number of rotatable bonds is 5. The van der Waals surface area contributed by atoms with Crippen molar-refractivity contribution in [2.24, 2.45) is 0 Å². The van der Waals surface area contributed by atoms with Gasteiger partial charge in [0.25, 0.3) is 0 Å². The fraction of sp³-hybridized carbons (Fsp3) is 0.368. The Balaban J connectivity index is 1.99. The van der Waals surface area contributed by atoms with E-state index in [1.807, 2.05) is 0 Å². The van der Waals surface area contributed by atoms with Crippen LogP contribution in [0.2, 0.25) is 0 Å². The molecular formula is C19H24O. The van der Waals surface area contributed by atoms with Crippen LogP contribution in [-0.2, 0) is 12.0 Å². The molecule has 0 N–H and O–H groups in total. The van der Waals surface area contributed by atoms with Crippen molar-refractivity contribution < 1.29 is 4.74 Å². The van der Waals surface area contributed by atoms with Crippen molar-refractivity contribution in [3.8, 4) is 5.75 Å². The predicted octanol–water partition coefficient (Wildman–Crippen LogP) is 5.26. The van der Waals surface area contributed by atoms with E-state index >= 15 is 0 Å². The number of ether oxygens (including phenoxy) is 1. The van der Waals surface area contributed by atoms with E-state index in [0.29, 0.717) is 6.61 Å². The van der Waals surface area contributed by atoms with Gasteiger partial charge in [0.15, 0.2) is 0 Å². The van der Waals surface area contributed by atoms with E-state index in [9.17, 15) is 0 Å². The molecule has 2 rings (SSSR count). The van der Waals surface area contributed by atoms with E-state index in [2.05, 4.69) is 76.2 Å². The van der Waals surface area contributed by atoms with Crippen LogP contribution in [0.3, 0.4) is 0 Å². The Kier molecular flexibility index (Phi) is 4.49. The van der Waals surface area contributed by atoms with Crippen LogP contribution in [0.25, 0.3) is 0 Å². The molecule has 0 aliphatic heterocycles. The molecule has 0 fully saturated rings. The van der Waals surface area contributed by atoms with Crippen molar-refractivity contribution >= 4 is 0 Å². The molecule has 0 bridgehead atoms. The number of aryl methyl sites for hydroxylation is 1. The predicted molar refractivity (Wildman–Crippen MR) is 85.3 cm³/mol. The second-order valence-electron chi connectivity index (χ2n) is 6.04. The molecule has 20 heavy (non-hydrogen) atoms. The lowest BCUT2D eigenvalue weighted by molar-refractivity contribution is 0.306. The van der Waals surface area contributed by atoms with Crippen molar-refractivity contribution in [1.29, 1.82) is 0 Å². The quantitative estimate of drug-likeness (QED) is 0.718. The maximum atomic E-state index is 5.83. The van der Waals surface area contributed by atoms with Crippen LogP contribution in [0.5, 0.6) is 5.75 Å². The molecule has 0 radical (unpaired) electrons. The lowest BCUT2D eigenvalue weighted by atomic mass is 9.82. The van der Waals surface area contributed by atoms with Crippen LogP contribution < -0.4 is 4.74 Å². The molecular weight excluding hydrogens is 244 g/mol. The summed E-state index contributed by atoms with van der Waals surface area (Å²) in [6.07, 6.45) is 1.14. The molecule has 0 aliphatic rings. The van der Waals surface area contributed by atoms with Crippen molar-refractivity contribution in [3.05, 3.63) is 65.2 Å². The highest BCUT2D eigenvalue weighted by atomic mass is 16.5. The Bertz CT molecular complexity index is 535. The molecule has 0 aromatic heterocycles. The highest BCUT2D eigenvalue weighted by Crippen LogP contribution is 2.28. The monoisotopic (exact) mass is 268 g/mol. The first-order valence-electron chi connectivity index (χ1n) is 7.30. The lowest BCUT2D eigenvalue weighted by Gasteiger charge is -2.23. The minimum absolute atomic E-state index is 0.232. The van der Waals surface area contributed by atoms with Crippen molar-refractivity contribution in [2.45, 2.75) is 46.1 Å². The van der Waals surface area contributed by atoms with E-state index in [1.165, 1.54) is 16.7 Å². The number of hydrogen-bond acceptors (Lipinski definition) is 1. The van der Waals surface area contributed by atoms with Gasteiger partial charge in [-0.3, -0.25) is 0 Å². The van der Waals surface area contributed by atoms with Crippen molar-refractivity contribution in [3.63, 3.8) is 0 Å². The zero-order chi connectivity index (χ0) is 14.6. The van der Waals surface area contributed by atoms with Crippen molar-refractivity contribution in [1.82, 2.24) is 0 Å². The molecule has 1 heteroatoms. The molecule has 0 saturated heterocycles. The molecule has 1 nitrogen and oxygen atoms in total. The summed E-state index contributed by atoms with van der Waals surface area (Å²) >= 11 is 0. The molecule has 0 aliphatic carbocycles. The van der Waals surface area contributed by atoms with Crippen LogP contribution in [0.4, 0.5) is 0 Å². The van der Waals surface area contributed by atoms with Gasteiger partial charge in [-0.25, -0.2) is 0 Å². The third-order valence-electron chi connectivity index (χ3n) is 4.05. The normalized spacial score (nSPS) is 11.4. The molecule has 0 heterocycles. The van der Waals surface area contributed by atoms with Crippen LogP contribution in [-0.4, -0.2) is 0 Å². The fourth-order valence-electron chi connectivity index (χ4n) is 2.06. The maximum absolute atomic E-state index is 5.83. The summed E-state index contributed by atoms with van der Waals surface area (Å²) in [5.41, 5.74) is 4.08. The summed E-state index contributed by atoms with van der Waals surface area (Å²) in [5.74, 6) is 0.932. The summed E-state index contributed by atoms with van der Waals surface area (Å²) in [7, 11) is 0. The van der Waals surface area contributed by atoms with Crippen LogP contribution in [0.15, 0.2) is 48.5 Å². The Hall–Kier alpha value is -1.76. The smallest absolute Gasteiger partial charge is 0.119 e. The van der Waals surface area contributed by atoms with E-state index in [0.717, 1.165) is 12.2 Å². The molecule has 0 spiro atoms. The second-order valence-corrected chi connectivity index (χ2v) is 6.04. The van der Waals surface area contributed by atoms with E-state index in [1.54, 1.807) is 0 Å². The first-order valence-corrected chi connectivity index (χ1v) is 7.30. The zero-order valence-electron chi connectivity index (χ0n) is 12.9. The van der Waals surface area contributed by atoms with Gasteiger partial charge in [0.1, 0.15) is 12.4 Å². The van der Waals surface area contributed by atoms with Gasteiger partial charge in [-0.2, -0.15) is 0 Å². The Morgan fingerprint density at radius 2 is 1.50 bits per heavy atom. The minimum atomic E-state index is 0.232. The first-order chi connectivity index (χ1) is 9.51. The van der Waals surface area contributed by atoms with Gasteiger partial charge >= 0.3 is 0 Å². The van der Waals surface area contributed by atoms with Crippen LogP contribution in [0, 0.1) is 6.92 Å². The largest absolute Gasteiger partial charge is 0.489 e. The Labute approximate surface area is 122 Å². The highest BCUT2D eigenvalue weighted by molar-refractivity contribution is 5.32. The molecule has 0 amide bonds. The standard InChI is InChI=1S/C19H24O/c1-5-19(3,4)17-10-12-18(13-11-17)20-14-16-8-6-15(2)7-9-16/h6-13H,5,14H2,1-4H3. The zero-order valence-corrected chi connectivity index (χ0v) is 12.9. The van der Waals surface area contributed by atoms with Crippen molar-refractivity contribution in [2.75, 3.05) is 0 Å². The average molecular weight is 268 g/mol.